The Labute approximate surface area is 124 Å². The van der Waals surface area contributed by atoms with E-state index in [0.717, 1.165) is 11.3 Å². The Kier molecular flexibility index (Phi) is 4.37. The highest BCUT2D eigenvalue weighted by atomic mass is 16.2. The standard InChI is InChI=1S/C15H21N5O/c1-15(2,3)13(16)14(21)19-12-6-4-11(5-7-12)8-20-10-17-9-18-20/h4-7,9-10,13H,8,16H2,1-3H3,(H,19,21). The third-order valence-electron chi connectivity index (χ3n) is 3.25. The highest BCUT2D eigenvalue weighted by molar-refractivity contribution is 5.95. The molecule has 0 aliphatic rings. The minimum atomic E-state index is -0.549. The van der Waals surface area contributed by atoms with Crippen LogP contribution < -0.4 is 11.1 Å². The molecule has 1 unspecified atom stereocenters. The Morgan fingerprint density at radius 3 is 2.52 bits per heavy atom. The smallest absolute Gasteiger partial charge is 0.241 e. The molecule has 1 amide bonds. The van der Waals surface area contributed by atoms with Crippen molar-refractivity contribution in [3.63, 3.8) is 0 Å². The van der Waals surface area contributed by atoms with Crippen molar-refractivity contribution in [2.75, 3.05) is 5.32 Å². The second kappa shape index (κ2) is 6.05. The van der Waals surface area contributed by atoms with E-state index in [1.807, 2.05) is 45.0 Å². The first-order valence-corrected chi connectivity index (χ1v) is 6.84. The molecule has 0 saturated heterocycles. The molecule has 1 aromatic carbocycles. The number of hydrogen-bond donors (Lipinski definition) is 2. The second-order valence-corrected chi connectivity index (χ2v) is 6.12. The van der Waals surface area contributed by atoms with E-state index in [1.54, 1.807) is 11.0 Å². The summed E-state index contributed by atoms with van der Waals surface area (Å²) in [5.74, 6) is -0.175. The first-order chi connectivity index (χ1) is 9.86. The fourth-order valence-corrected chi connectivity index (χ4v) is 1.81. The molecule has 0 radical (unpaired) electrons. The van der Waals surface area contributed by atoms with Gasteiger partial charge in [0.1, 0.15) is 12.7 Å². The lowest BCUT2D eigenvalue weighted by atomic mass is 9.87. The first-order valence-electron chi connectivity index (χ1n) is 6.84. The number of nitrogens with one attached hydrogen (secondary N) is 1. The molecule has 6 nitrogen and oxygen atoms in total. The third-order valence-corrected chi connectivity index (χ3v) is 3.25. The van der Waals surface area contributed by atoms with Gasteiger partial charge in [0.05, 0.1) is 12.6 Å². The van der Waals surface area contributed by atoms with Gasteiger partial charge in [0.25, 0.3) is 0 Å². The van der Waals surface area contributed by atoms with E-state index in [1.165, 1.54) is 6.33 Å². The molecule has 3 N–H and O–H groups in total. The van der Waals surface area contributed by atoms with Crippen LogP contribution in [0.2, 0.25) is 0 Å². The SMILES string of the molecule is CC(C)(C)C(N)C(=O)Nc1ccc(Cn2cncn2)cc1. The van der Waals surface area contributed by atoms with Crippen LogP contribution in [-0.2, 0) is 11.3 Å². The van der Waals surface area contributed by atoms with Crippen LogP contribution in [0.25, 0.3) is 0 Å². The van der Waals surface area contributed by atoms with Crippen LogP contribution in [-0.4, -0.2) is 26.7 Å². The van der Waals surface area contributed by atoms with Gasteiger partial charge in [-0.15, -0.1) is 0 Å². The Morgan fingerprint density at radius 2 is 2.00 bits per heavy atom. The number of aromatic nitrogens is 3. The van der Waals surface area contributed by atoms with Crippen LogP contribution in [0.5, 0.6) is 0 Å². The monoisotopic (exact) mass is 287 g/mol. The maximum absolute atomic E-state index is 12.0. The number of carbonyl (C=O) groups excluding carboxylic acids is 1. The molecule has 1 aromatic heterocycles. The van der Waals surface area contributed by atoms with Gasteiger partial charge in [-0.3, -0.25) is 4.79 Å². The topological polar surface area (TPSA) is 85.8 Å². The average molecular weight is 287 g/mol. The lowest BCUT2D eigenvalue weighted by Gasteiger charge is -2.25. The summed E-state index contributed by atoms with van der Waals surface area (Å²) in [6, 6.07) is 7.06. The van der Waals surface area contributed by atoms with E-state index in [-0.39, 0.29) is 11.3 Å². The zero-order valence-electron chi connectivity index (χ0n) is 12.6. The van der Waals surface area contributed by atoms with Crippen molar-refractivity contribution < 1.29 is 4.79 Å². The van der Waals surface area contributed by atoms with E-state index in [9.17, 15) is 4.79 Å². The maximum Gasteiger partial charge on any atom is 0.241 e. The quantitative estimate of drug-likeness (QED) is 0.895. The number of amides is 1. The number of nitrogens with two attached hydrogens (primary N) is 1. The molecule has 2 rings (SSSR count). The fraction of sp³-hybridized carbons (Fsp3) is 0.400. The molecular weight excluding hydrogens is 266 g/mol. The van der Waals surface area contributed by atoms with Gasteiger partial charge in [-0.2, -0.15) is 5.10 Å². The van der Waals surface area contributed by atoms with Crippen LogP contribution in [0.3, 0.4) is 0 Å². The average Bonchev–Trinajstić information content (AvgIpc) is 2.92. The highest BCUT2D eigenvalue weighted by Gasteiger charge is 2.27. The maximum atomic E-state index is 12.0. The number of nitrogens with zero attached hydrogens (tertiary/aromatic N) is 3. The van der Waals surface area contributed by atoms with Crippen LogP contribution in [0.1, 0.15) is 26.3 Å². The van der Waals surface area contributed by atoms with Crippen molar-refractivity contribution in [2.24, 2.45) is 11.1 Å². The Hall–Kier alpha value is -2.21. The molecule has 21 heavy (non-hydrogen) atoms. The Balaban J connectivity index is 1.98. The molecule has 112 valence electrons. The summed E-state index contributed by atoms with van der Waals surface area (Å²) < 4.78 is 1.74. The number of hydrogen-bond acceptors (Lipinski definition) is 4. The van der Waals surface area contributed by atoms with Crippen LogP contribution in [0, 0.1) is 5.41 Å². The minimum absolute atomic E-state index is 0.175. The summed E-state index contributed by atoms with van der Waals surface area (Å²) in [6.45, 7) is 6.48. The molecule has 0 spiro atoms. The van der Waals surface area contributed by atoms with Crippen LogP contribution in [0.15, 0.2) is 36.9 Å². The van der Waals surface area contributed by atoms with Gasteiger partial charge >= 0.3 is 0 Å². The van der Waals surface area contributed by atoms with Gasteiger partial charge in [0, 0.05) is 5.69 Å². The van der Waals surface area contributed by atoms with Gasteiger partial charge in [-0.1, -0.05) is 32.9 Å². The molecule has 0 bridgehead atoms. The van der Waals surface area contributed by atoms with E-state index >= 15 is 0 Å². The van der Waals surface area contributed by atoms with E-state index in [4.69, 9.17) is 5.73 Å². The molecule has 2 aromatic rings. The zero-order chi connectivity index (χ0) is 15.5. The third kappa shape index (κ3) is 4.13. The van der Waals surface area contributed by atoms with E-state index in [0.29, 0.717) is 6.54 Å². The lowest BCUT2D eigenvalue weighted by molar-refractivity contribution is -0.119. The number of carbonyl (C=O) groups is 1. The first kappa shape index (κ1) is 15.2. The van der Waals surface area contributed by atoms with Gasteiger partial charge in [0.2, 0.25) is 5.91 Å². The summed E-state index contributed by atoms with van der Waals surface area (Å²) in [5, 5.41) is 6.89. The lowest BCUT2D eigenvalue weighted by Crippen LogP contribution is -2.45. The van der Waals surface area contributed by atoms with Crippen molar-refractivity contribution in [1.82, 2.24) is 14.8 Å². The van der Waals surface area contributed by atoms with Gasteiger partial charge in [0.15, 0.2) is 0 Å². The zero-order valence-corrected chi connectivity index (χ0v) is 12.6. The van der Waals surface area contributed by atoms with Gasteiger partial charge in [-0.05, 0) is 23.1 Å². The molecular formula is C15H21N5O. The second-order valence-electron chi connectivity index (χ2n) is 6.12. The van der Waals surface area contributed by atoms with Crippen molar-refractivity contribution >= 4 is 11.6 Å². The van der Waals surface area contributed by atoms with Crippen molar-refractivity contribution in [2.45, 2.75) is 33.4 Å². The van der Waals surface area contributed by atoms with Crippen molar-refractivity contribution in [3.8, 4) is 0 Å². The van der Waals surface area contributed by atoms with Crippen molar-refractivity contribution in [3.05, 3.63) is 42.5 Å². The summed E-state index contributed by atoms with van der Waals surface area (Å²) in [5.41, 5.74) is 7.49. The summed E-state index contributed by atoms with van der Waals surface area (Å²) in [4.78, 5) is 15.9. The normalized spacial score (nSPS) is 13.0. The molecule has 6 heteroatoms. The summed E-state index contributed by atoms with van der Waals surface area (Å²) >= 11 is 0. The Morgan fingerprint density at radius 1 is 1.33 bits per heavy atom. The predicted molar refractivity (Wildman–Crippen MR) is 81.6 cm³/mol. The summed E-state index contributed by atoms with van der Waals surface area (Å²) in [7, 11) is 0. The molecule has 0 saturated carbocycles. The van der Waals surface area contributed by atoms with Gasteiger partial charge in [-0.25, -0.2) is 9.67 Å². The number of rotatable bonds is 4. The largest absolute Gasteiger partial charge is 0.325 e. The van der Waals surface area contributed by atoms with E-state index < -0.39 is 6.04 Å². The predicted octanol–water partition coefficient (Wildman–Crippen LogP) is 1.64. The highest BCUT2D eigenvalue weighted by Crippen LogP contribution is 2.19. The minimum Gasteiger partial charge on any atom is -0.325 e. The van der Waals surface area contributed by atoms with Crippen LogP contribution in [0.4, 0.5) is 5.69 Å². The molecule has 0 fully saturated rings. The fourth-order valence-electron chi connectivity index (χ4n) is 1.81. The van der Waals surface area contributed by atoms with Gasteiger partial charge < -0.3 is 11.1 Å². The summed E-state index contributed by atoms with van der Waals surface area (Å²) in [6.07, 6.45) is 3.17. The Bertz CT molecular complexity index is 584. The molecule has 0 aliphatic heterocycles. The molecule has 1 heterocycles. The van der Waals surface area contributed by atoms with Crippen molar-refractivity contribution in [1.29, 1.82) is 0 Å². The van der Waals surface area contributed by atoms with Crippen LogP contribution >= 0.6 is 0 Å². The number of anilines is 1. The molecule has 0 aliphatic carbocycles. The molecule has 1 atom stereocenters. The number of benzene rings is 1. The van der Waals surface area contributed by atoms with E-state index in [2.05, 4.69) is 15.4 Å².